The fraction of sp³-hybridized carbons (Fsp3) is 0.650. The van der Waals surface area contributed by atoms with Gasteiger partial charge in [-0.15, -0.1) is 11.3 Å². The Morgan fingerprint density at radius 1 is 1.03 bits per heavy atom. The lowest BCUT2D eigenvalue weighted by molar-refractivity contribution is -0.126. The van der Waals surface area contributed by atoms with Gasteiger partial charge in [0, 0.05) is 31.7 Å². The molecule has 2 aliphatic rings. The number of nitrogens with zero attached hydrogens (tertiary/aromatic N) is 1. The van der Waals surface area contributed by atoms with Crippen molar-refractivity contribution in [1.29, 1.82) is 0 Å². The van der Waals surface area contributed by atoms with E-state index in [9.17, 15) is 22.8 Å². The second-order valence-electron chi connectivity index (χ2n) is 7.85. The number of piperidine rings is 1. The number of carbonyl (C=O) groups excluding carboxylic acids is 3. The van der Waals surface area contributed by atoms with Crippen LogP contribution in [0.25, 0.3) is 0 Å². The Bertz CT molecular complexity index is 829. The first-order valence-corrected chi connectivity index (χ1v) is 12.9. The van der Waals surface area contributed by atoms with Crippen LogP contribution in [0.4, 0.5) is 0 Å². The smallest absolute Gasteiger partial charge is 0.220 e. The van der Waals surface area contributed by atoms with Crippen molar-refractivity contribution < 1.29 is 22.8 Å². The minimum Gasteiger partial charge on any atom is -0.351 e. The minimum atomic E-state index is -3.17. The number of amides is 1. The fourth-order valence-corrected chi connectivity index (χ4v) is 6.69. The Labute approximate surface area is 175 Å². The van der Waals surface area contributed by atoms with Crippen molar-refractivity contribution in [3.05, 3.63) is 22.4 Å². The first-order valence-electron chi connectivity index (χ1n) is 10.2. The summed E-state index contributed by atoms with van der Waals surface area (Å²) >= 11 is 1.35. The number of hydrogen-bond acceptors (Lipinski definition) is 7. The molecule has 0 aliphatic carbocycles. The van der Waals surface area contributed by atoms with Crippen molar-refractivity contribution in [3.63, 3.8) is 0 Å². The Hall–Kier alpha value is -1.58. The molecule has 0 saturated carbocycles. The second kappa shape index (κ2) is 9.95. The molecule has 0 radical (unpaired) electrons. The maximum atomic E-state index is 12.3. The predicted octanol–water partition coefficient (Wildman–Crippen LogP) is 1.83. The summed E-state index contributed by atoms with van der Waals surface area (Å²) in [5, 5.41) is 4.67. The van der Waals surface area contributed by atoms with Gasteiger partial charge in [-0.3, -0.25) is 19.3 Å². The highest BCUT2D eigenvalue weighted by molar-refractivity contribution is 7.91. The Balaban J connectivity index is 1.44. The average molecular weight is 441 g/mol. The number of sulfone groups is 1. The van der Waals surface area contributed by atoms with Crippen molar-refractivity contribution in [1.82, 2.24) is 10.2 Å². The molecule has 2 saturated heterocycles. The van der Waals surface area contributed by atoms with Crippen LogP contribution in [0.5, 0.6) is 0 Å². The van der Waals surface area contributed by atoms with Crippen molar-refractivity contribution in [3.8, 4) is 0 Å². The van der Waals surface area contributed by atoms with Crippen molar-refractivity contribution in [2.75, 3.05) is 24.6 Å². The SMILES string of the molecule is O=C(CCC(=O)NC1CS(=O)(=O)CC1N1CCCCC1)CCC(=O)c1cccs1. The van der Waals surface area contributed by atoms with E-state index >= 15 is 0 Å². The van der Waals surface area contributed by atoms with Gasteiger partial charge in [0.25, 0.3) is 0 Å². The molecule has 1 aromatic rings. The van der Waals surface area contributed by atoms with Gasteiger partial charge in [0.05, 0.1) is 22.4 Å². The van der Waals surface area contributed by atoms with Crippen LogP contribution in [-0.2, 0) is 19.4 Å². The molecule has 160 valence electrons. The highest BCUT2D eigenvalue weighted by Crippen LogP contribution is 2.22. The molecule has 2 aliphatic heterocycles. The first kappa shape index (κ1) is 22.1. The van der Waals surface area contributed by atoms with Crippen LogP contribution >= 0.6 is 11.3 Å². The highest BCUT2D eigenvalue weighted by atomic mass is 32.2. The van der Waals surface area contributed by atoms with E-state index in [1.807, 2.05) is 5.38 Å². The number of ketones is 2. The van der Waals surface area contributed by atoms with Crippen LogP contribution < -0.4 is 5.32 Å². The molecule has 2 unspecified atom stereocenters. The van der Waals surface area contributed by atoms with Crippen molar-refractivity contribution in [2.24, 2.45) is 0 Å². The van der Waals surface area contributed by atoms with Gasteiger partial charge in [0.2, 0.25) is 5.91 Å². The van der Waals surface area contributed by atoms with Crippen molar-refractivity contribution >= 4 is 38.6 Å². The van der Waals surface area contributed by atoms with Gasteiger partial charge in [0.15, 0.2) is 15.6 Å². The molecule has 9 heteroatoms. The van der Waals surface area contributed by atoms with E-state index in [1.54, 1.807) is 12.1 Å². The van der Waals surface area contributed by atoms with Crippen molar-refractivity contribution in [2.45, 2.75) is 57.0 Å². The van der Waals surface area contributed by atoms with Crippen LogP contribution in [0, 0.1) is 0 Å². The van der Waals surface area contributed by atoms with Crippen LogP contribution in [0.3, 0.4) is 0 Å². The minimum absolute atomic E-state index is 0.0231. The van der Waals surface area contributed by atoms with E-state index in [1.165, 1.54) is 11.3 Å². The number of thiophene rings is 1. The lowest BCUT2D eigenvalue weighted by atomic mass is 10.0. The lowest BCUT2D eigenvalue weighted by Gasteiger charge is -2.35. The van der Waals surface area contributed by atoms with Gasteiger partial charge in [-0.05, 0) is 37.4 Å². The molecule has 7 nitrogen and oxygen atoms in total. The Morgan fingerprint density at radius 3 is 2.45 bits per heavy atom. The summed E-state index contributed by atoms with van der Waals surface area (Å²) in [4.78, 5) is 39.1. The molecule has 2 atom stereocenters. The number of Topliss-reactive ketones (excluding diaryl/α,β-unsaturated/α-hetero) is 2. The van der Waals surface area contributed by atoms with Gasteiger partial charge in [-0.2, -0.15) is 0 Å². The third-order valence-corrected chi connectivity index (χ3v) is 8.21. The van der Waals surface area contributed by atoms with Crippen LogP contribution in [0.15, 0.2) is 17.5 Å². The number of nitrogens with one attached hydrogen (secondary N) is 1. The summed E-state index contributed by atoms with van der Waals surface area (Å²) in [5.74, 6) is -0.438. The average Bonchev–Trinajstić information content (AvgIpc) is 3.33. The molecular weight excluding hydrogens is 412 g/mol. The van der Waals surface area contributed by atoms with E-state index in [0.717, 1.165) is 32.4 Å². The molecule has 3 heterocycles. The largest absolute Gasteiger partial charge is 0.351 e. The molecule has 0 spiro atoms. The molecule has 1 N–H and O–H groups in total. The number of carbonyl (C=O) groups is 3. The van der Waals surface area contributed by atoms with Gasteiger partial charge in [-0.1, -0.05) is 12.5 Å². The van der Waals surface area contributed by atoms with Gasteiger partial charge >= 0.3 is 0 Å². The molecule has 0 bridgehead atoms. The second-order valence-corrected chi connectivity index (χ2v) is 11.0. The quantitative estimate of drug-likeness (QED) is 0.588. The summed E-state index contributed by atoms with van der Waals surface area (Å²) in [5.41, 5.74) is 0. The Kier molecular flexibility index (Phi) is 7.59. The highest BCUT2D eigenvalue weighted by Gasteiger charge is 2.41. The molecule has 1 aromatic heterocycles. The summed E-state index contributed by atoms with van der Waals surface area (Å²) in [7, 11) is -3.17. The third kappa shape index (κ3) is 6.45. The summed E-state index contributed by atoms with van der Waals surface area (Å²) < 4.78 is 24.2. The van der Waals surface area contributed by atoms with Crippen LogP contribution in [0.1, 0.15) is 54.6 Å². The number of likely N-dealkylation sites (tertiary alicyclic amines) is 1. The summed E-state index contributed by atoms with van der Waals surface area (Å²) in [6, 6.07) is 2.94. The van der Waals surface area contributed by atoms with E-state index in [2.05, 4.69) is 10.2 Å². The van der Waals surface area contributed by atoms with Crippen LogP contribution in [0.2, 0.25) is 0 Å². The summed E-state index contributed by atoms with van der Waals surface area (Å²) in [6.45, 7) is 1.73. The summed E-state index contributed by atoms with van der Waals surface area (Å²) in [6.07, 6.45) is 3.62. The zero-order chi connectivity index (χ0) is 20.9. The van der Waals surface area contributed by atoms with E-state index in [4.69, 9.17) is 0 Å². The van der Waals surface area contributed by atoms with E-state index in [0.29, 0.717) is 4.88 Å². The molecule has 0 aromatic carbocycles. The zero-order valence-electron chi connectivity index (χ0n) is 16.5. The standard InChI is InChI=1S/C20H28N2O5S2/c23-15(6-8-18(24)19-5-4-12-28-19)7-9-20(25)21-16-13-29(26,27)14-17(16)22-10-2-1-3-11-22/h4-5,12,16-17H,1-3,6-11,13-14H2,(H,21,25). The normalized spacial score (nSPS) is 24.3. The topological polar surface area (TPSA) is 101 Å². The molecule has 29 heavy (non-hydrogen) atoms. The maximum absolute atomic E-state index is 12.3. The maximum Gasteiger partial charge on any atom is 0.220 e. The van der Waals surface area contributed by atoms with Crippen LogP contribution in [-0.4, -0.2) is 67.5 Å². The molecule has 2 fully saturated rings. The zero-order valence-corrected chi connectivity index (χ0v) is 18.1. The number of rotatable bonds is 9. The Morgan fingerprint density at radius 2 is 1.76 bits per heavy atom. The molecule has 1 amide bonds. The first-order chi connectivity index (χ1) is 13.8. The fourth-order valence-electron chi connectivity index (χ4n) is 4.05. The van der Waals surface area contributed by atoms with Gasteiger partial charge in [-0.25, -0.2) is 8.42 Å². The monoisotopic (exact) mass is 440 g/mol. The van der Waals surface area contributed by atoms with E-state index in [-0.39, 0.29) is 60.7 Å². The third-order valence-electron chi connectivity index (χ3n) is 5.59. The number of hydrogen-bond donors (Lipinski definition) is 1. The lowest BCUT2D eigenvalue weighted by Crippen LogP contribution is -2.52. The predicted molar refractivity (Wildman–Crippen MR) is 112 cm³/mol. The van der Waals surface area contributed by atoms with E-state index < -0.39 is 15.9 Å². The molecule has 3 rings (SSSR count). The molecular formula is C20H28N2O5S2. The van der Waals surface area contributed by atoms with Gasteiger partial charge in [0.1, 0.15) is 5.78 Å². The van der Waals surface area contributed by atoms with Gasteiger partial charge < -0.3 is 5.32 Å².